The maximum absolute atomic E-state index is 11.6. The number of hydrogen-bond donors (Lipinski definition) is 1. The van der Waals surface area contributed by atoms with Crippen molar-refractivity contribution in [1.29, 1.82) is 5.26 Å². The van der Waals surface area contributed by atoms with Crippen LogP contribution in [0.4, 0.5) is 0 Å². The number of nitriles is 1. The average Bonchev–Trinajstić information content (AvgIpc) is 2.43. The lowest BCUT2D eigenvalue weighted by Gasteiger charge is -2.18. The van der Waals surface area contributed by atoms with Crippen LogP contribution in [0.3, 0.4) is 0 Å². The summed E-state index contributed by atoms with van der Waals surface area (Å²) in [5.41, 5.74) is 1.65. The lowest BCUT2D eigenvalue weighted by molar-refractivity contribution is -0.128. The van der Waals surface area contributed by atoms with Gasteiger partial charge in [-0.15, -0.1) is 0 Å². The van der Waals surface area contributed by atoms with Gasteiger partial charge >= 0.3 is 0 Å². The van der Waals surface area contributed by atoms with Gasteiger partial charge in [-0.2, -0.15) is 5.26 Å². The maximum Gasteiger partial charge on any atom is 0.236 e. The lowest BCUT2D eigenvalue weighted by Crippen LogP contribution is -2.36. The molecular formula is C14H19N3O. The van der Waals surface area contributed by atoms with Gasteiger partial charge in [-0.1, -0.05) is 12.1 Å². The van der Waals surface area contributed by atoms with E-state index in [0.717, 1.165) is 5.56 Å². The van der Waals surface area contributed by atoms with E-state index in [2.05, 4.69) is 11.4 Å². The minimum Gasteiger partial charge on any atom is -0.345 e. The Hall–Kier alpha value is -1.86. The van der Waals surface area contributed by atoms with E-state index in [4.69, 9.17) is 5.26 Å². The molecule has 1 atom stereocenters. The number of nitrogens with zero attached hydrogens (tertiary/aromatic N) is 2. The fourth-order valence-corrected chi connectivity index (χ4v) is 1.55. The molecule has 1 rings (SSSR count). The van der Waals surface area contributed by atoms with Gasteiger partial charge in [0, 0.05) is 19.6 Å². The molecule has 0 saturated heterocycles. The number of carbonyl (C=O) groups excluding carboxylic acids is 1. The molecule has 0 bridgehead atoms. The predicted molar refractivity (Wildman–Crippen MR) is 70.9 cm³/mol. The SMILES string of the molecule is CCN(C)C(=O)CNC(C)c1cccc(C#N)c1. The number of likely N-dealkylation sites (N-methyl/N-ethyl adjacent to an activating group) is 1. The Balaban J connectivity index is 2.58. The zero-order valence-corrected chi connectivity index (χ0v) is 11.1. The highest BCUT2D eigenvalue weighted by Gasteiger charge is 2.10. The van der Waals surface area contributed by atoms with Gasteiger partial charge in [-0.05, 0) is 31.5 Å². The van der Waals surface area contributed by atoms with E-state index < -0.39 is 0 Å². The van der Waals surface area contributed by atoms with Crippen LogP contribution < -0.4 is 5.32 Å². The highest BCUT2D eigenvalue weighted by atomic mass is 16.2. The van der Waals surface area contributed by atoms with Crippen LogP contribution in [0.15, 0.2) is 24.3 Å². The number of rotatable bonds is 5. The second-order valence-corrected chi connectivity index (χ2v) is 4.25. The molecule has 0 saturated carbocycles. The van der Waals surface area contributed by atoms with E-state index in [1.165, 1.54) is 0 Å². The standard InChI is InChI=1S/C14H19N3O/c1-4-17(3)14(18)10-16-11(2)13-7-5-6-12(8-13)9-15/h5-8,11,16H,4,10H2,1-3H3. The first-order chi connectivity index (χ1) is 8.58. The van der Waals surface area contributed by atoms with E-state index in [1.54, 1.807) is 18.0 Å². The summed E-state index contributed by atoms with van der Waals surface area (Å²) in [7, 11) is 1.78. The molecule has 1 N–H and O–H groups in total. The summed E-state index contributed by atoms with van der Waals surface area (Å²) < 4.78 is 0. The normalized spacial score (nSPS) is 11.7. The van der Waals surface area contributed by atoms with Crippen LogP contribution >= 0.6 is 0 Å². The summed E-state index contributed by atoms with van der Waals surface area (Å²) in [5.74, 6) is 0.0702. The zero-order chi connectivity index (χ0) is 13.5. The summed E-state index contributed by atoms with van der Waals surface area (Å²) in [5, 5.41) is 12.0. The maximum atomic E-state index is 11.6. The Labute approximate surface area is 108 Å². The van der Waals surface area contributed by atoms with Gasteiger partial charge in [0.2, 0.25) is 5.91 Å². The van der Waals surface area contributed by atoms with E-state index >= 15 is 0 Å². The Bertz CT molecular complexity index is 451. The molecule has 0 aliphatic rings. The second-order valence-electron chi connectivity index (χ2n) is 4.25. The molecular weight excluding hydrogens is 226 g/mol. The molecule has 4 nitrogen and oxygen atoms in total. The van der Waals surface area contributed by atoms with E-state index in [1.807, 2.05) is 32.0 Å². The first kappa shape index (κ1) is 14.2. The minimum absolute atomic E-state index is 0.0486. The average molecular weight is 245 g/mol. The third-order valence-corrected chi connectivity index (χ3v) is 2.98. The Kier molecular flexibility index (Phi) is 5.34. The summed E-state index contributed by atoms with van der Waals surface area (Å²) in [6.07, 6.45) is 0. The van der Waals surface area contributed by atoms with Crippen LogP contribution in [-0.4, -0.2) is 30.9 Å². The Morgan fingerprint density at radius 3 is 2.89 bits per heavy atom. The van der Waals surface area contributed by atoms with Crippen molar-refractivity contribution < 1.29 is 4.79 Å². The molecule has 0 fully saturated rings. The summed E-state index contributed by atoms with van der Waals surface area (Å²) in [6.45, 7) is 4.94. The quantitative estimate of drug-likeness (QED) is 0.858. The van der Waals surface area contributed by atoms with E-state index in [-0.39, 0.29) is 11.9 Å². The minimum atomic E-state index is 0.0486. The highest BCUT2D eigenvalue weighted by Crippen LogP contribution is 2.13. The van der Waals surface area contributed by atoms with Crippen LogP contribution in [0.2, 0.25) is 0 Å². The summed E-state index contributed by atoms with van der Waals surface area (Å²) >= 11 is 0. The van der Waals surface area contributed by atoms with Crippen molar-refractivity contribution in [3.63, 3.8) is 0 Å². The molecule has 0 heterocycles. The number of carbonyl (C=O) groups is 1. The molecule has 0 spiro atoms. The van der Waals surface area contributed by atoms with Crippen LogP contribution in [0, 0.1) is 11.3 Å². The topological polar surface area (TPSA) is 56.1 Å². The largest absolute Gasteiger partial charge is 0.345 e. The number of benzene rings is 1. The van der Waals surface area contributed by atoms with Crippen molar-refractivity contribution >= 4 is 5.91 Å². The summed E-state index contributed by atoms with van der Waals surface area (Å²) in [4.78, 5) is 13.3. The molecule has 0 aliphatic carbocycles. The van der Waals surface area contributed by atoms with Gasteiger partial charge in [-0.3, -0.25) is 4.79 Å². The van der Waals surface area contributed by atoms with Crippen LogP contribution in [-0.2, 0) is 4.79 Å². The van der Waals surface area contributed by atoms with Crippen molar-refractivity contribution in [2.75, 3.05) is 20.1 Å². The van der Waals surface area contributed by atoms with Crippen LogP contribution in [0.1, 0.15) is 31.0 Å². The van der Waals surface area contributed by atoms with Gasteiger partial charge in [0.05, 0.1) is 18.2 Å². The monoisotopic (exact) mass is 245 g/mol. The molecule has 1 amide bonds. The molecule has 1 unspecified atom stereocenters. The first-order valence-electron chi connectivity index (χ1n) is 6.06. The highest BCUT2D eigenvalue weighted by molar-refractivity contribution is 5.77. The summed E-state index contributed by atoms with van der Waals surface area (Å²) in [6, 6.07) is 9.57. The van der Waals surface area contributed by atoms with Gasteiger partial charge in [0.15, 0.2) is 0 Å². The van der Waals surface area contributed by atoms with Gasteiger partial charge in [0.1, 0.15) is 0 Å². The molecule has 0 radical (unpaired) electrons. The Morgan fingerprint density at radius 1 is 1.56 bits per heavy atom. The van der Waals surface area contributed by atoms with Crippen molar-refractivity contribution in [2.24, 2.45) is 0 Å². The van der Waals surface area contributed by atoms with Crippen molar-refractivity contribution in [1.82, 2.24) is 10.2 Å². The van der Waals surface area contributed by atoms with E-state index in [9.17, 15) is 4.79 Å². The smallest absolute Gasteiger partial charge is 0.236 e. The van der Waals surface area contributed by atoms with Crippen molar-refractivity contribution in [3.05, 3.63) is 35.4 Å². The molecule has 96 valence electrons. The fourth-order valence-electron chi connectivity index (χ4n) is 1.55. The van der Waals surface area contributed by atoms with Gasteiger partial charge in [-0.25, -0.2) is 0 Å². The number of nitrogens with one attached hydrogen (secondary N) is 1. The second kappa shape index (κ2) is 6.77. The van der Waals surface area contributed by atoms with Crippen LogP contribution in [0.5, 0.6) is 0 Å². The third kappa shape index (κ3) is 3.86. The molecule has 1 aromatic rings. The fraction of sp³-hybridized carbons (Fsp3) is 0.429. The van der Waals surface area contributed by atoms with E-state index in [0.29, 0.717) is 18.7 Å². The predicted octanol–water partition coefficient (Wildman–Crippen LogP) is 1.69. The van der Waals surface area contributed by atoms with Crippen molar-refractivity contribution in [2.45, 2.75) is 19.9 Å². The van der Waals surface area contributed by atoms with Crippen molar-refractivity contribution in [3.8, 4) is 6.07 Å². The molecule has 1 aromatic carbocycles. The number of hydrogen-bond acceptors (Lipinski definition) is 3. The third-order valence-electron chi connectivity index (χ3n) is 2.98. The van der Waals surface area contributed by atoms with Crippen LogP contribution in [0.25, 0.3) is 0 Å². The lowest BCUT2D eigenvalue weighted by atomic mass is 10.1. The molecule has 18 heavy (non-hydrogen) atoms. The van der Waals surface area contributed by atoms with Gasteiger partial charge in [0.25, 0.3) is 0 Å². The first-order valence-corrected chi connectivity index (χ1v) is 6.06. The molecule has 4 heteroatoms. The Morgan fingerprint density at radius 2 is 2.28 bits per heavy atom. The molecule has 0 aromatic heterocycles. The molecule has 0 aliphatic heterocycles. The number of amides is 1. The zero-order valence-electron chi connectivity index (χ0n) is 11.1. The van der Waals surface area contributed by atoms with Gasteiger partial charge < -0.3 is 10.2 Å².